The van der Waals surface area contributed by atoms with E-state index in [4.69, 9.17) is 5.73 Å². The molecule has 5 heteroatoms. The molecule has 3 N–H and O–H groups in total. The topological polar surface area (TPSA) is 72.2 Å². The van der Waals surface area contributed by atoms with Crippen LogP contribution in [-0.4, -0.2) is 26.8 Å². The standard InChI is InChI=1S/C13H30N2O2S/c1-12(2,3)8-10-18(16,17)15-11(7-9-14)13(4,5)6/h11,15H,7-10,14H2,1-6H3. The Morgan fingerprint density at radius 1 is 1.11 bits per heavy atom. The molecule has 0 spiro atoms. The summed E-state index contributed by atoms with van der Waals surface area (Å²) in [6.45, 7) is 12.7. The summed E-state index contributed by atoms with van der Waals surface area (Å²) >= 11 is 0. The zero-order valence-corrected chi connectivity index (χ0v) is 13.5. The fourth-order valence-corrected chi connectivity index (χ4v) is 3.46. The molecule has 110 valence electrons. The summed E-state index contributed by atoms with van der Waals surface area (Å²) in [5, 5.41) is 0. The fourth-order valence-electron chi connectivity index (χ4n) is 1.55. The highest BCUT2D eigenvalue weighted by atomic mass is 32.2. The predicted octanol–water partition coefficient (Wildman–Crippen LogP) is 2.11. The molecular weight excluding hydrogens is 248 g/mol. The van der Waals surface area contributed by atoms with Gasteiger partial charge in [0.2, 0.25) is 10.0 Å². The van der Waals surface area contributed by atoms with Crippen LogP contribution in [0.3, 0.4) is 0 Å². The van der Waals surface area contributed by atoms with Crippen LogP contribution in [0.5, 0.6) is 0 Å². The lowest BCUT2D eigenvalue weighted by Crippen LogP contribution is -2.45. The lowest BCUT2D eigenvalue weighted by molar-refractivity contribution is 0.286. The molecule has 0 bridgehead atoms. The number of nitrogens with one attached hydrogen (secondary N) is 1. The molecule has 0 aromatic rings. The van der Waals surface area contributed by atoms with E-state index >= 15 is 0 Å². The zero-order chi connectivity index (χ0) is 14.6. The first-order chi connectivity index (χ1) is 7.87. The van der Waals surface area contributed by atoms with Gasteiger partial charge in [-0.05, 0) is 30.2 Å². The number of hydrogen-bond donors (Lipinski definition) is 2. The summed E-state index contributed by atoms with van der Waals surface area (Å²) < 4.78 is 26.9. The van der Waals surface area contributed by atoms with E-state index in [1.54, 1.807) is 0 Å². The Bertz CT molecular complexity index is 337. The van der Waals surface area contributed by atoms with Gasteiger partial charge >= 0.3 is 0 Å². The van der Waals surface area contributed by atoms with Crippen molar-refractivity contribution in [1.82, 2.24) is 4.72 Å². The zero-order valence-electron chi connectivity index (χ0n) is 12.7. The largest absolute Gasteiger partial charge is 0.330 e. The average Bonchev–Trinajstić information content (AvgIpc) is 2.12. The van der Waals surface area contributed by atoms with Gasteiger partial charge in [-0.1, -0.05) is 41.5 Å². The Hall–Kier alpha value is -0.130. The predicted molar refractivity (Wildman–Crippen MR) is 77.9 cm³/mol. The van der Waals surface area contributed by atoms with Crippen molar-refractivity contribution in [2.24, 2.45) is 16.6 Å². The first-order valence-electron chi connectivity index (χ1n) is 6.57. The maximum Gasteiger partial charge on any atom is 0.211 e. The second kappa shape index (κ2) is 6.35. The van der Waals surface area contributed by atoms with Gasteiger partial charge in [-0.3, -0.25) is 0 Å². The normalized spacial score (nSPS) is 15.7. The highest BCUT2D eigenvalue weighted by Crippen LogP contribution is 2.23. The number of sulfonamides is 1. The van der Waals surface area contributed by atoms with Gasteiger partial charge in [-0.15, -0.1) is 0 Å². The molecule has 0 rings (SSSR count). The molecule has 0 aliphatic heterocycles. The van der Waals surface area contributed by atoms with Crippen molar-refractivity contribution in [2.45, 2.75) is 60.4 Å². The Kier molecular flexibility index (Phi) is 6.30. The molecule has 0 aromatic heterocycles. The minimum absolute atomic E-state index is 0.0276. The molecule has 0 aromatic carbocycles. The van der Waals surface area contributed by atoms with Crippen molar-refractivity contribution in [3.8, 4) is 0 Å². The van der Waals surface area contributed by atoms with Crippen LogP contribution < -0.4 is 10.5 Å². The SMILES string of the molecule is CC(C)(C)CCS(=O)(=O)NC(CCN)C(C)(C)C. The van der Waals surface area contributed by atoms with Gasteiger partial charge in [0.05, 0.1) is 5.75 Å². The summed E-state index contributed by atoms with van der Waals surface area (Å²) in [4.78, 5) is 0. The lowest BCUT2D eigenvalue weighted by atomic mass is 9.85. The molecule has 18 heavy (non-hydrogen) atoms. The van der Waals surface area contributed by atoms with E-state index in [1.165, 1.54) is 0 Å². The van der Waals surface area contributed by atoms with Crippen molar-refractivity contribution in [3.05, 3.63) is 0 Å². The molecule has 0 aliphatic rings. The van der Waals surface area contributed by atoms with Crippen LogP contribution in [-0.2, 0) is 10.0 Å². The highest BCUT2D eigenvalue weighted by Gasteiger charge is 2.28. The Labute approximate surface area is 113 Å². The molecule has 1 unspecified atom stereocenters. The summed E-state index contributed by atoms with van der Waals surface area (Å²) in [6, 6.07) is -0.104. The van der Waals surface area contributed by atoms with Gasteiger partial charge in [0.1, 0.15) is 0 Å². The van der Waals surface area contributed by atoms with Crippen LogP contribution in [0.25, 0.3) is 0 Å². The quantitative estimate of drug-likeness (QED) is 0.781. The van der Waals surface area contributed by atoms with Crippen LogP contribution in [0.1, 0.15) is 54.4 Å². The van der Waals surface area contributed by atoms with Gasteiger partial charge in [0.15, 0.2) is 0 Å². The van der Waals surface area contributed by atoms with Crippen molar-refractivity contribution < 1.29 is 8.42 Å². The Balaban J connectivity index is 4.62. The van der Waals surface area contributed by atoms with E-state index in [1.807, 2.05) is 41.5 Å². The summed E-state index contributed by atoms with van der Waals surface area (Å²) in [5.74, 6) is 0.174. The van der Waals surface area contributed by atoms with E-state index in [9.17, 15) is 8.42 Å². The molecule has 0 saturated carbocycles. The number of nitrogens with two attached hydrogens (primary N) is 1. The second-order valence-corrected chi connectivity index (χ2v) is 9.12. The van der Waals surface area contributed by atoms with E-state index in [2.05, 4.69) is 4.72 Å². The molecule has 0 radical (unpaired) electrons. The first-order valence-corrected chi connectivity index (χ1v) is 8.23. The van der Waals surface area contributed by atoms with Crippen LogP contribution in [0.15, 0.2) is 0 Å². The Morgan fingerprint density at radius 2 is 1.61 bits per heavy atom. The molecule has 0 fully saturated rings. The van der Waals surface area contributed by atoms with Crippen LogP contribution in [0.2, 0.25) is 0 Å². The van der Waals surface area contributed by atoms with E-state index in [0.717, 1.165) is 0 Å². The van der Waals surface area contributed by atoms with Crippen molar-refractivity contribution in [3.63, 3.8) is 0 Å². The summed E-state index contributed by atoms with van der Waals surface area (Å²) in [6.07, 6.45) is 1.32. The van der Waals surface area contributed by atoms with Gasteiger partial charge in [0, 0.05) is 6.04 Å². The lowest BCUT2D eigenvalue weighted by Gasteiger charge is -2.31. The van der Waals surface area contributed by atoms with Gasteiger partial charge in [0.25, 0.3) is 0 Å². The van der Waals surface area contributed by atoms with E-state index < -0.39 is 10.0 Å². The molecule has 1 atom stereocenters. The maximum absolute atomic E-state index is 12.1. The molecular formula is C13H30N2O2S. The van der Waals surface area contributed by atoms with Gasteiger partial charge < -0.3 is 5.73 Å². The van der Waals surface area contributed by atoms with Crippen LogP contribution in [0.4, 0.5) is 0 Å². The monoisotopic (exact) mass is 278 g/mol. The molecule has 0 saturated heterocycles. The number of hydrogen-bond acceptors (Lipinski definition) is 3. The third-order valence-electron chi connectivity index (χ3n) is 2.94. The van der Waals surface area contributed by atoms with Crippen LogP contribution in [0, 0.1) is 10.8 Å². The summed E-state index contributed by atoms with van der Waals surface area (Å²) in [5.41, 5.74) is 5.46. The van der Waals surface area contributed by atoms with Gasteiger partial charge in [-0.2, -0.15) is 0 Å². The van der Waals surface area contributed by atoms with E-state index in [0.29, 0.717) is 19.4 Å². The van der Waals surface area contributed by atoms with Crippen molar-refractivity contribution in [2.75, 3.05) is 12.3 Å². The molecule has 4 nitrogen and oxygen atoms in total. The highest BCUT2D eigenvalue weighted by molar-refractivity contribution is 7.89. The second-order valence-electron chi connectivity index (χ2n) is 7.24. The first kappa shape index (κ1) is 17.9. The summed E-state index contributed by atoms with van der Waals surface area (Å²) in [7, 11) is -3.22. The minimum atomic E-state index is -3.22. The molecule has 0 amide bonds. The third kappa shape index (κ3) is 8.06. The van der Waals surface area contributed by atoms with Gasteiger partial charge in [-0.25, -0.2) is 13.1 Å². The maximum atomic E-state index is 12.1. The fraction of sp³-hybridized carbons (Fsp3) is 1.00. The number of rotatable bonds is 6. The minimum Gasteiger partial charge on any atom is -0.330 e. The molecule has 0 aliphatic carbocycles. The smallest absolute Gasteiger partial charge is 0.211 e. The third-order valence-corrected chi connectivity index (χ3v) is 4.33. The average molecular weight is 278 g/mol. The van der Waals surface area contributed by atoms with E-state index in [-0.39, 0.29) is 22.6 Å². The Morgan fingerprint density at radius 3 is 1.94 bits per heavy atom. The van der Waals surface area contributed by atoms with Crippen LogP contribution >= 0.6 is 0 Å². The van der Waals surface area contributed by atoms with Crippen molar-refractivity contribution in [1.29, 1.82) is 0 Å². The van der Waals surface area contributed by atoms with Crippen molar-refractivity contribution >= 4 is 10.0 Å². The molecule has 0 heterocycles.